The van der Waals surface area contributed by atoms with Gasteiger partial charge in [0.1, 0.15) is 11.5 Å². The molecule has 33 heavy (non-hydrogen) atoms. The number of ether oxygens (including phenoxy) is 2. The quantitative estimate of drug-likeness (QED) is 0.263. The highest BCUT2D eigenvalue weighted by molar-refractivity contribution is 7.13. The minimum absolute atomic E-state index is 0.865. The third kappa shape index (κ3) is 5.63. The van der Waals surface area contributed by atoms with Gasteiger partial charge in [-0.25, -0.2) is 0 Å². The predicted molar refractivity (Wildman–Crippen MR) is 142 cm³/mol. The van der Waals surface area contributed by atoms with E-state index in [1.54, 1.807) is 14.2 Å². The predicted octanol–water partition coefficient (Wildman–Crippen LogP) is 8.22. The normalized spacial score (nSPS) is 12.0. The number of aryl methyl sites for hydroxylation is 1. The number of hydrogen-bond acceptors (Lipinski definition) is 3. The molecule has 4 rings (SSSR count). The molecule has 1 heterocycles. The number of allylic oxidation sites excluding steroid dienone is 1. The van der Waals surface area contributed by atoms with E-state index in [0.29, 0.717) is 0 Å². The van der Waals surface area contributed by atoms with Crippen molar-refractivity contribution in [3.63, 3.8) is 0 Å². The highest BCUT2D eigenvalue weighted by atomic mass is 32.1. The second kappa shape index (κ2) is 10.4. The van der Waals surface area contributed by atoms with E-state index in [4.69, 9.17) is 9.47 Å². The van der Waals surface area contributed by atoms with Gasteiger partial charge in [-0.05, 0) is 89.7 Å². The van der Waals surface area contributed by atoms with Gasteiger partial charge in [0.2, 0.25) is 0 Å². The van der Waals surface area contributed by atoms with E-state index in [1.807, 2.05) is 35.6 Å². The zero-order valence-electron chi connectivity index (χ0n) is 19.5. The summed E-state index contributed by atoms with van der Waals surface area (Å²) < 4.78 is 10.6. The lowest BCUT2D eigenvalue weighted by Gasteiger charge is -2.08. The molecule has 166 valence electrons. The first kappa shape index (κ1) is 22.6. The van der Waals surface area contributed by atoms with E-state index in [-0.39, 0.29) is 0 Å². The molecule has 0 aliphatic carbocycles. The summed E-state index contributed by atoms with van der Waals surface area (Å²) >= 11 is 1.81. The number of benzene rings is 3. The molecule has 0 amide bonds. The molecular weight excluding hydrogens is 424 g/mol. The van der Waals surface area contributed by atoms with Crippen LogP contribution in [0.25, 0.3) is 23.3 Å². The highest BCUT2D eigenvalue weighted by Gasteiger charge is 2.08. The molecule has 0 bridgehead atoms. The zero-order valence-corrected chi connectivity index (χ0v) is 20.3. The van der Waals surface area contributed by atoms with Gasteiger partial charge < -0.3 is 9.47 Å². The van der Waals surface area contributed by atoms with Crippen LogP contribution < -0.4 is 9.47 Å². The van der Waals surface area contributed by atoms with Crippen LogP contribution in [0.5, 0.6) is 11.5 Å². The van der Waals surface area contributed by atoms with E-state index in [1.165, 1.54) is 43.2 Å². The van der Waals surface area contributed by atoms with Crippen molar-refractivity contribution in [1.29, 1.82) is 0 Å². The Labute approximate surface area is 200 Å². The Morgan fingerprint density at radius 1 is 0.636 bits per heavy atom. The lowest BCUT2D eigenvalue weighted by molar-refractivity contribution is 0.414. The van der Waals surface area contributed by atoms with Gasteiger partial charge in [-0.15, -0.1) is 11.3 Å². The van der Waals surface area contributed by atoms with Crippen molar-refractivity contribution in [2.45, 2.75) is 13.8 Å². The average molecular weight is 453 g/mol. The topological polar surface area (TPSA) is 18.5 Å². The molecular formula is C30H28O2S. The maximum atomic E-state index is 5.34. The molecule has 0 saturated carbocycles. The molecule has 0 aliphatic rings. The van der Waals surface area contributed by atoms with Crippen LogP contribution in [-0.4, -0.2) is 14.2 Å². The van der Waals surface area contributed by atoms with Crippen molar-refractivity contribution in [1.82, 2.24) is 0 Å². The van der Waals surface area contributed by atoms with Gasteiger partial charge in [0.05, 0.1) is 14.2 Å². The molecule has 3 heteroatoms. The maximum Gasteiger partial charge on any atom is 0.118 e. The van der Waals surface area contributed by atoms with E-state index >= 15 is 0 Å². The van der Waals surface area contributed by atoms with Crippen LogP contribution in [-0.2, 0) is 0 Å². The Bertz CT molecular complexity index is 1260. The van der Waals surface area contributed by atoms with E-state index in [2.05, 4.69) is 86.7 Å². The molecule has 0 aliphatic heterocycles. The summed E-state index contributed by atoms with van der Waals surface area (Å²) in [5, 5.41) is 0. The van der Waals surface area contributed by atoms with Crippen LogP contribution in [0.4, 0.5) is 0 Å². The van der Waals surface area contributed by atoms with Crippen molar-refractivity contribution in [2.24, 2.45) is 0 Å². The van der Waals surface area contributed by atoms with Gasteiger partial charge in [0.25, 0.3) is 0 Å². The van der Waals surface area contributed by atoms with Crippen LogP contribution in [0, 0.1) is 6.92 Å². The first-order valence-corrected chi connectivity index (χ1v) is 11.7. The SMILES string of the molecule is COc1ccc(C(C)=Cc2ccc(C=C(c3ccc(OC)cc3)c3ccc(C)s3)cc2)cc1. The largest absolute Gasteiger partial charge is 0.497 e. The number of rotatable bonds is 7. The number of thiophene rings is 1. The maximum absolute atomic E-state index is 5.34. The Balaban J connectivity index is 1.62. The van der Waals surface area contributed by atoms with Gasteiger partial charge in [0.15, 0.2) is 0 Å². The molecule has 4 aromatic rings. The van der Waals surface area contributed by atoms with Gasteiger partial charge >= 0.3 is 0 Å². The summed E-state index contributed by atoms with van der Waals surface area (Å²) in [4.78, 5) is 2.57. The summed E-state index contributed by atoms with van der Waals surface area (Å²) in [7, 11) is 3.38. The standard InChI is InChI=1S/C30H28O2S/c1-21(25-10-14-27(31-3)15-11-25)19-23-6-8-24(9-7-23)20-29(30-18-5-22(2)33-30)26-12-16-28(32-4)17-13-26/h5-20H,1-4H3. The van der Waals surface area contributed by atoms with Crippen molar-refractivity contribution < 1.29 is 9.47 Å². The molecule has 3 aromatic carbocycles. The van der Waals surface area contributed by atoms with E-state index in [0.717, 1.165) is 11.5 Å². The molecule has 0 atom stereocenters. The number of methoxy groups -OCH3 is 2. The third-order valence-corrected chi connectivity index (χ3v) is 6.62. The molecule has 0 unspecified atom stereocenters. The van der Waals surface area contributed by atoms with Crippen molar-refractivity contribution in [3.8, 4) is 11.5 Å². The van der Waals surface area contributed by atoms with Crippen LogP contribution in [0.1, 0.15) is 38.9 Å². The van der Waals surface area contributed by atoms with Gasteiger partial charge in [-0.3, -0.25) is 0 Å². The summed E-state index contributed by atoms with van der Waals surface area (Å²) in [5.41, 5.74) is 7.15. The fraction of sp³-hybridized carbons (Fsp3) is 0.133. The molecule has 2 nitrogen and oxygen atoms in total. The summed E-state index contributed by atoms with van der Waals surface area (Å²) in [5.74, 6) is 1.74. The molecule has 0 fully saturated rings. The third-order valence-electron chi connectivity index (χ3n) is 5.58. The Kier molecular flexibility index (Phi) is 7.11. The number of hydrogen-bond donors (Lipinski definition) is 0. The van der Waals surface area contributed by atoms with Crippen LogP contribution in [0.3, 0.4) is 0 Å². The fourth-order valence-electron chi connectivity index (χ4n) is 3.69. The molecule has 0 saturated heterocycles. The Morgan fingerprint density at radius 2 is 1.15 bits per heavy atom. The van der Waals surface area contributed by atoms with E-state index < -0.39 is 0 Å². The molecule has 0 radical (unpaired) electrons. The van der Waals surface area contributed by atoms with E-state index in [9.17, 15) is 0 Å². The minimum atomic E-state index is 0.865. The minimum Gasteiger partial charge on any atom is -0.497 e. The zero-order chi connectivity index (χ0) is 23.2. The van der Waals surface area contributed by atoms with Gasteiger partial charge in [-0.1, -0.05) is 54.6 Å². The van der Waals surface area contributed by atoms with Crippen LogP contribution in [0.15, 0.2) is 84.9 Å². The fourth-order valence-corrected chi connectivity index (χ4v) is 4.59. The molecule has 1 aromatic heterocycles. The first-order valence-electron chi connectivity index (χ1n) is 10.9. The monoisotopic (exact) mass is 452 g/mol. The summed E-state index contributed by atoms with van der Waals surface area (Å²) in [6.45, 7) is 4.28. The molecule has 0 N–H and O–H groups in total. The van der Waals surface area contributed by atoms with Gasteiger partial charge in [-0.2, -0.15) is 0 Å². The van der Waals surface area contributed by atoms with Crippen molar-refractivity contribution in [3.05, 3.63) is 117 Å². The smallest absolute Gasteiger partial charge is 0.118 e. The first-order chi connectivity index (χ1) is 16.1. The average Bonchev–Trinajstić information content (AvgIpc) is 3.29. The van der Waals surface area contributed by atoms with Crippen molar-refractivity contribution >= 4 is 34.6 Å². The highest BCUT2D eigenvalue weighted by Crippen LogP contribution is 2.32. The van der Waals surface area contributed by atoms with Gasteiger partial charge in [0, 0.05) is 9.75 Å². The van der Waals surface area contributed by atoms with Crippen molar-refractivity contribution in [2.75, 3.05) is 14.2 Å². The summed E-state index contributed by atoms with van der Waals surface area (Å²) in [6.07, 6.45) is 4.47. The lowest BCUT2D eigenvalue weighted by atomic mass is 9.99. The Hall–Kier alpha value is -3.56. The lowest BCUT2D eigenvalue weighted by Crippen LogP contribution is -1.88. The molecule has 0 spiro atoms. The van der Waals surface area contributed by atoms with Crippen LogP contribution >= 0.6 is 11.3 Å². The summed E-state index contributed by atoms with van der Waals surface area (Å²) in [6, 6.07) is 29.5. The second-order valence-corrected chi connectivity index (χ2v) is 9.21. The van der Waals surface area contributed by atoms with Crippen LogP contribution in [0.2, 0.25) is 0 Å². The second-order valence-electron chi connectivity index (χ2n) is 7.92. The Morgan fingerprint density at radius 3 is 1.64 bits per heavy atom.